The van der Waals surface area contributed by atoms with Crippen LogP contribution in [-0.4, -0.2) is 46.5 Å². The van der Waals surface area contributed by atoms with Gasteiger partial charge in [0.2, 0.25) is 5.91 Å². The first-order valence-corrected chi connectivity index (χ1v) is 13.2. The van der Waals surface area contributed by atoms with Crippen molar-refractivity contribution < 1.29 is 13.9 Å². The first kappa shape index (κ1) is 25.4. The van der Waals surface area contributed by atoms with Crippen LogP contribution in [0.15, 0.2) is 48.8 Å². The van der Waals surface area contributed by atoms with Crippen molar-refractivity contribution in [3.8, 4) is 5.75 Å². The van der Waals surface area contributed by atoms with Crippen molar-refractivity contribution in [2.75, 3.05) is 30.3 Å². The van der Waals surface area contributed by atoms with Gasteiger partial charge < -0.3 is 15.4 Å². The molecule has 1 saturated carbocycles. The molecule has 1 amide bonds. The molecule has 2 heterocycles. The quantitative estimate of drug-likeness (QED) is 0.319. The molecule has 9 heteroatoms. The molecule has 0 bridgehead atoms. The number of carbonyl (C=O) groups is 1. The molecule has 2 fully saturated rings. The Labute approximate surface area is 221 Å². The Bertz CT molecular complexity index is 1310. The number of piperidine rings is 1. The summed E-state index contributed by atoms with van der Waals surface area (Å²) in [5, 5.41) is 6.85. The molecule has 0 radical (unpaired) electrons. The largest absolute Gasteiger partial charge is 0.491 e. The third kappa shape index (κ3) is 6.56. The highest BCUT2D eigenvalue weighted by Crippen LogP contribution is 2.36. The third-order valence-corrected chi connectivity index (χ3v) is 7.19. The van der Waals surface area contributed by atoms with Gasteiger partial charge in [-0.2, -0.15) is 0 Å². The Morgan fingerprint density at radius 2 is 2.08 bits per heavy atom. The maximum absolute atomic E-state index is 13.6. The molecule has 0 spiro atoms. The monoisotopic (exact) mass is 523 g/mol. The van der Waals surface area contributed by atoms with Crippen LogP contribution in [0.1, 0.15) is 39.0 Å². The molecule has 3 aromatic rings. The fourth-order valence-corrected chi connectivity index (χ4v) is 4.68. The van der Waals surface area contributed by atoms with Gasteiger partial charge in [0, 0.05) is 35.8 Å². The first-order chi connectivity index (χ1) is 18.0. The zero-order valence-corrected chi connectivity index (χ0v) is 21.6. The molecular formula is C28H31ClFN5O2. The average molecular weight is 524 g/mol. The number of anilines is 3. The maximum Gasteiger partial charge on any atom is 0.248 e. The van der Waals surface area contributed by atoms with Crippen LogP contribution in [0.3, 0.4) is 0 Å². The average Bonchev–Trinajstić information content (AvgIpc) is 3.71. The predicted molar refractivity (Wildman–Crippen MR) is 145 cm³/mol. The minimum Gasteiger partial charge on any atom is -0.491 e. The van der Waals surface area contributed by atoms with Crippen LogP contribution in [0.25, 0.3) is 10.9 Å². The number of benzene rings is 2. The molecular weight excluding hydrogens is 493 g/mol. The summed E-state index contributed by atoms with van der Waals surface area (Å²) in [6, 6.07) is 8.53. The minimum atomic E-state index is -0.495. The number of likely N-dealkylation sites (tertiary alicyclic amines) is 1. The lowest BCUT2D eigenvalue weighted by atomic mass is 10.0. The van der Waals surface area contributed by atoms with Crippen LogP contribution in [0, 0.1) is 11.7 Å². The lowest BCUT2D eigenvalue weighted by Gasteiger charge is -2.32. The van der Waals surface area contributed by atoms with Crippen molar-refractivity contribution in [1.29, 1.82) is 0 Å². The van der Waals surface area contributed by atoms with E-state index in [9.17, 15) is 9.18 Å². The molecule has 1 aliphatic carbocycles. The Balaban J connectivity index is 1.38. The summed E-state index contributed by atoms with van der Waals surface area (Å²) >= 11 is 5.94. The third-order valence-electron chi connectivity index (χ3n) is 6.90. The molecule has 5 rings (SSSR count). The first-order valence-electron chi connectivity index (χ1n) is 12.8. The van der Waals surface area contributed by atoms with Crippen molar-refractivity contribution in [3.63, 3.8) is 0 Å². The van der Waals surface area contributed by atoms with Crippen LogP contribution in [0.4, 0.5) is 21.6 Å². The lowest BCUT2D eigenvalue weighted by Crippen LogP contribution is -2.37. The summed E-state index contributed by atoms with van der Waals surface area (Å²) in [4.78, 5) is 24.0. The zero-order valence-electron chi connectivity index (χ0n) is 20.8. The summed E-state index contributed by atoms with van der Waals surface area (Å²) in [6.45, 7) is 4.64. The highest BCUT2D eigenvalue weighted by Gasteiger charge is 2.23. The number of amides is 1. The molecule has 1 atom stereocenters. The maximum atomic E-state index is 13.6. The predicted octanol–water partition coefficient (Wildman–Crippen LogP) is 6.32. The molecule has 1 aromatic heterocycles. The normalized spacial score (nSPS) is 18.3. The van der Waals surface area contributed by atoms with Crippen LogP contribution >= 0.6 is 11.6 Å². The summed E-state index contributed by atoms with van der Waals surface area (Å²) in [6.07, 6.45) is 10.9. The Morgan fingerprint density at radius 1 is 1.22 bits per heavy atom. The van der Waals surface area contributed by atoms with E-state index < -0.39 is 5.82 Å². The van der Waals surface area contributed by atoms with E-state index in [2.05, 4.69) is 32.4 Å². The van der Waals surface area contributed by atoms with Crippen molar-refractivity contribution in [3.05, 3.63) is 59.7 Å². The number of fused-ring (bicyclic) bond motifs is 1. The van der Waals surface area contributed by atoms with Crippen LogP contribution in [0.2, 0.25) is 5.02 Å². The lowest BCUT2D eigenvalue weighted by molar-refractivity contribution is -0.111. The summed E-state index contributed by atoms with van der Waals surface area (Å²) in [5.41, 5.74) is 1.79. The van der Waals surface area contributed by atoms with Crippen LogP contribution < -0.4 is 15.4 Å². The van der Waals surface area contributed by atoms with Gasteiger partial charge in [-0.3, -0.25) is 9.69 Å². The van der Waals surface area contributed by atoms with E-state index in [1.165, 1.54) is 37.7 Å². The van der Waals surface area contributed by atoms with Crippen LogP contribution in [-0.2, 0) is 4.79 Å². The van der Waals surface area contributed by atoms with Gasteiger partial charge in [-0.25, -0.2) is 14.4 Å². The van der Waals surface area contributed by atoms with E-state index in [1.807, 2.05) is 18.2 Å². The summed E-state index contributed by atoms with van der Waals surface area (Å²) in [7, 11) is 0. The molecule has 194 valence electrons. The standard InChI is InChI=1S/C28H31ClFN5O2/c1-18-5-2-3-11-35(18)12-4-6-27(36)34-25-14-21-24(15-26(25)37-16-19-7-8-19)31-17-32-28(21)33-20-9-10-23(30)22(29)13-20/h4,6,9-10,13-15,17-19H,2-3,5,7-8,11-12,16H2,1H3,(H,34,36)(H,31,32,33). The Hall–Kier alpha value is -3.23. The smallest absolute Gasteiger partial charge is 0.248 e. The number of carbonyl (C=O) groups excluding carboxylic acids is 1. The van der Waals surface area contributed by atoms with Gasteiger partial charge >= 0.3 is 0 Å². The Morgan fingerprint density at radius 3 is 2.86 bits per heavy atom. The second kappa shape index (κ2) is 11.4. The number of ether oxygens (including phenoxy) is 1. The van der Waals surface area contributed by atoms with E-state index in [0.29, 0.717) is 52.4 Å². The van der Waals surface area contributed by atoms with E-state index in [4.69, 9.17) is 16.3 Å². The highest BCUT2D eigenvalue weighted by molar-refractivity contribution is 6.31. The summed E-state index contributed by atoms with van der Waals surface area (Å²) < 4.78 is 19.7. The van der Waals surface area contributed by atoms with E-state index in [1.54, 1.807) is 12.1 Å². The summed E-state index contributed by atoms with van der Waals surface area (Å²) in [5.74, 6) is 0.908. The fraction of sp³-hybridized carbons (Fsp3) is 0.393. The molecule has 37 heavy (non-hydrogen) atoms. The number of aromatic nitrogens is 2. The number of halogens is 2. The fourth-order valence-electron chi connectivity index (χ4n) is 4.50. The molecule has 1 unspecified atom stereocenters. The number of rotatable bonds is 9. The van der Waals surface area contributed by atoms with E-state index >= 15 is 0 Å². The molecule has 2 aromatic carbocycles. The highest BCUT2D eigenvalue weighted by atomic mass is 35.5. The van der Waals surface area contributed by atoms with Crippen molar-refractivity contribution in [2.45, 2.75) is 45.1 Å². The van der Waals surface area contributed by atoms with Gasteiger partial charge in [-0.05, 0) is 69.3 Å². The number of hydrogen-bond donors (Lipinski definition) is 2. The number of nitrogens with zero attached hydrogens (tertiary/aromatic N) is 3. The SMILES string of the molecule is CC1CCCCN1CC=CC(=O)Nc1cc2c(Nc3ccc(F)c(Cl)c3)ncnc2cc1OCC1CC1. The van der Waals surface area contributed by atoms with Gasteiger partial charge in [-0.1, -0.05) is 24.1 Å². The molecule has 1 aliphatic heterocycles. The van der Waals surface area contributed by atoms with E-state index in [0.717, 1.165) is 25.9 Å². The minimum absolute atomic E-state index is 0.0119. The van der Waals surface area contributed by atoms with Gasteiger partial charge in [-0.15, -0.1) is 0 Å². The van der Waals surface area contributed by atoms with Gasteiger partial charge in [0.05, 0.1) is 22.8 Å². The van der Waals surface area contributed by atoms with Gasteiger partial charge in [0.25, 0.3) is 0 Å². The number of hydrogen-bond acceptors (Lipinski definition) is 6. The number of nitrogens with one attached hydrogen (secondary N) is 2. The second-order valence-corrected chi connectivity index (χ2v) is 10.2. The molecule has 2 aliphatic rings. The van der Waals surface area contributed by atoms with Crippen molar-refractivity contribution in [2.24, 2.45) is 5.92 Å². The topological polar surface area (TPSA) is 79.4 Å². The van der Waals surface area contributed by atoms with Crippen molar-refractivity contribution in [1.82, 2.24) is 14.9 Å². The zero-order chi connectivity index (χ0) is 25.8. The Kier molecular flexibility index (Phi) is 7.86. The molecule has 1 saturated heterocycles. The van der Waals surface area contributed by atoms with Gasteiger partial charge in [0.1, 0.15) is 23.7 Å². The van der Waals surface area contributed by atoms with Crippen LogP contribution in [0.5, 0.6) is 5.75 Å². The molecule has 2 N–H and O–H groups in total. The second-order valence-electron chi connectivity index (χ2n) is 9.83. The molecule has 7 nitrogen and oxygen atoms in total. The van der Waals surface area contributed by atoms with Crippen molar-refractivity contribution >= 4 is 45.6 Å². The van der Waals surface area contributed by atoms with Gasteiger partial charge in [0.15, 0.2) is 0 Å². The van der Waals surface area contributed by atoms with E-state index in [-0.39, 0.29) is 10.9 Å².